The van der Waals surface area contributed by atoms with Gasteiger partial charge in [0, 0.05) is 11.1 Å². The van der Waals surface area contributed by atoms with Crippen molar-refractivity contribution < 1.29 is 26.3 Å². The molecule has 0 fully saturated rings. The maximum atomic E-state index is 14.4. The Morgan fingerprint density at radius 1 is 0.519 bits per heavy atom. The molecule has 0 nitrogen and oxygen atoms in total. The fourth-order valence-corrected chi connectivity index (χ4v) is 4.64. The molecular formula is C19H22F6Si2. The van der Waals surface area contributed by atoms with Gasteiger partial charge in [0.25, 0.3) is 0 Å². The lowest BCUT2D eigenvalue weighted by molar-refractivity contribution is -0.321. The molecule has 8 heteroatoms. The van der Waals surface area contributed by atoms with Crippen molar-refractivity contribution in [1.82, 2.24) is 0 Å². The fraction of sp³-hybridized carbons (Fsp3) is 0.368. The first-order valence-electron chi connectivity index (χ1n) is 8.66. The smallest absolute Gasteiger partial charge is 0.194 e. The van der Waals surface area contributed by atoms with Crippen LogP contribution in [0.4, 0.5) is 26.3 Å². The lowest BCUT2D eigenvalue weighted by atomic mass is 9.93. The van der Waals surface area contributed by atoms with Gasteiger partial charge in [-0.1, -0.05) is 85.1 Å². The van der Waals surface area contributed by atoms with E-state index < -0.39 is 46.5 Å². The summed E-state index contributed by atoms with van der Waals surface area (Å²) in [6.07, 6.45) is 0. The third-order valence-electron chi connectivity index (χ3n) is 4.67. The van der Waals surface area contributed by atoms with Crippen LogP contribution in [0.25, 0.3) is 0 Å². The fourth-order valence-electron chi connectivity index (χ4n) is 2.71. The van der Waals surface area contributed by atoms with E-state index in [0.717, 1.165) is 34.6 Å². The van der Waals surface area contributed by atoms with E-state index in [1.165, 1.54) is 24.3 Å². The van der Waals surface area contributed by atoms with Crippen LogP contribution >= 0.6 is 0 Å². The van der Waals surface area contributed by atoms with Gasteiger partial charge in [-0.2, -0.15) is 26.3 Å². The Bertz CT molecular complexity index is 702. The quantitative estimate of drug-likeness (QED) is 0.474. The zero-order valence-electron chi connectivity index (χ0n) is 15.5. The van der Waals surface area contributed by atoms with Gasteiger partial charge in [0.05, 0.1) is 17.6 Å². The molecule has 0 saturated heterocycles. The summed E-state index contributed by atoms with van der Waals surface area (Å²) in [5, 5.41) is 1.58. The van der Waals surface area contributed by atoms with Gasteiger partial charge in [0.2, 0.25) is 0 Å². The Balaban J connectivity index is 2.43. The highest BCUT2D eigenvalue weighted by molar-refractivity contribution is 6.71. The molecule has 0 atom stereocenters. The largest absolute Gasteiger partial charge is 0.380 e. The topological polar surface area (TPSA) is 0 Å². The highest BCUT2D eigenvalue weighted by atomic mass is 28.3. The third kappa shape index (κ3) is 3.87. The van der Waals surface area contributed by atoms with Crippen LogP contribution in [0.2, 0.25) is 26.2 Å². The van der Waals surface area contributed by atoms with Gasteiger partial charge in [-0.15, -0.1) is 0 Å². The minimum atomic E-state index is -5.58. The number of hydrogen-bond acceptors (Lipinski definition) is 0. The monoisotopic (exact) mass is 420 g/mol. The van der Waals surface area contributed by atoms with E-state index in [9.17, 15) is 26.3 Å². The molecule has 0 spiro atoms. The van der Waals surface area contributed by atoms with Gasteiger partial charge in [0.15, 0.2) is 0 Å². The predicted octanol–water partition coefficient (Wildman–Crippen LogP) is 4.59. The van der Waals surface area contributed by atoms with Crippen LogP contribution in [0.5, 0.6) is 0 Å². The minimum Gasteiger partial charge on any atom is -0.194 e. The van der Waals surface area contributed by atoms with E-state index in [1.807, 2.05) is 26.2 Å². The average Bonchev–Trinajstić information content (AvgIpc) is 2.61. The second-order valence-electron chi connectivity index (χ2n) is 7.28. The molecule has 2 aromatic rings. The lowest BCUT2D eigenvalue weighted by Crippen LogP contribution is -2.50. The standard InChI is InChI=1S/C19H22F6Si2/c1-26(2)15-9-5-13(6-10-15)17(20,21)19(24,25)18(22,23)14-7-11-16(12-8-14)27(3)4/h5-12,26-27H,1-4H3. The Hall–Kier alpha value is -1.55. The van der Waals surface area contributed by atoms with Gasteiger partial charge in [-0.3, -0.25) is 0 Å². The molecule has 2 rings (SSSR count). The number of halogens is 6. The Labute approximate surface area is 158 Å². The van der Waals surface area contributed by atoms with Gasteiger partial charge in [-0.05, 0) is 0 Å². The van der Waals surface area contributed by atoms with Crippen molar-refractivity contribution in [2.75, 3.05) is 0 Å². The summed E-state index contributed by atoms with van der Waals surface area (Å²) in [7, 11) is -2.64. The lowest BCUT2D eigenvalue weighted by Gasteiger charge is -2.33. The van der Waals surface area contributed by atoms with Crippen molar-refractivity contribution in [3.63, 3.8) is 0 Å². The highest BCUT2D eigenvalue weighted by Gasteiger charge is 2.72. The van der Waals surface area contributed by atoms with Gasteiger partial charge < -0.3 is 0 Å². The summed E-state index contributed by atoms with van der Waals surface area (Å²) in [5.74, 6) is -15.6. The van der Waals surface area contributed by atoms with E-state index in [4.69, 9.17) is 0 Å². The van der Waals surface area contributed by atoms with Crippen molar-refractivity contribution in [2.24, 2.45) is 0 Å². The normalized spacial score (nSPS) is 13.5. The average molecular weight is 421 g/mol. The van der Waals surface area contributed by atoms with Crippen LogP contribution in [0.1, 0.15) is 11.1 Å². The molecule has 0 unspecified atom stereocenters. The molecule has 0 aromatic heterocycles. The Morgan fingerprint density at radius 2 is 0.778 bits per heavy atom. The summed E-state index contributed by atoms with van der Waals surface area (Å²) >= 11 is 0. The van der Waals surface area contributed by atoms with Crippen LogP contribution in [-0.2, 0) is 11.8 Å². The molecule has 0 aliphatic rings. The van der Waals surface area contributed by atoms with Crippen LogP contribution in [-0.4, -0.2) is 23.5 Å². The molecule has 0 heterocycles. The van der Waals surface area contributed by atoms with Gasteiger partial charge in [0.1, 0.15) is 0 Å². The predicted molar refractivity (Wildman–Crippen MR) is 103 cm³/mol. The van der Waals surface area contributed by atoms with Crippen LogP contribution in [0, 0.1) is 0 Å². The van der Waals surface area contributed by atoms with Gasteiger partial charge in [-0.25, -0.2) is 0 Å². The molecule has 0 saturated carbocycles. The van der Waals surface area contributed by atoms with Crippen molar-refractivity contribution in [3.8, 4) is 0 Å². The van der Waals surface area contributed by atoms with E-state index in [0.29, 0.717) is 0 Å². The number of hydrogen-bond donors (Lipinski definition) is 0. The molecule has 0 N–H and O–H groups in total. The number of alkyl halides is 6. The van der Waals surface area contributed by atoms with Crippen LogP contribution < -0.4 is 10.4 Å². The first kappa shape index (κ1) is 21.8. The van der Waals surface area contributed by atoms with E-state index in [-0.39, 0.29) is 0 Å². The number of rotatable bonds is 6. The zero-order valence-corrected chi connectivity index (χ0v) is 17.9. The van der Waals surface area contributed by atoms with Crippen molar-refractivity contribution in [1.29, 1.82) is 0 Å². The highest BCUT2D eigenvalue weighted by Crippen LogP contribution is 2.55. The molecule has 0 aliphatic heterocycles. The van der Waals surface area contributed by atoms with Crippen molar-refractivity contribution in [3.05, 3.63) is 59.7 Å². The SMILES string of the molecule is C[SiH](C)c1ccc(C(F)(F)C(F)(F)C(F)(F)c2ccc([SiH](C)C)cc2)cc1. The third-order valence-corrected chi connectivity index (χ3v) is 8.10. The molecule has 0 bridgehead atoms. The Kier molecular flexibility index (Phi) is 6.01. The molecule has 0 amide bonds. The second kappa shape index (κ2) is 7.46. The first-order valence-corrected chi connectivity index (χ1v) is 14.4. The van der Waals surface area contributed by atoms with E-state index in [1.54, 1.807) is 0 Å². The van der Waals surface area contributed by atoms with E-state index >= 15 is 0 Å². The molecular weight excluding hydrogens is 398 g/mol. The van der Waals surface area contributed by atoms with Crippen molar-refractivity contribution in [2.45, 2.75) is 44.0 Å². The van der Waals surface area contributed by atoms with Crippen LogP contribution in [0.3, 0.4) is 0 Å². The summed E-state index contributed by atoms with van der Waals surface area (Å²) in [4.78, 5) is 0. The summed E-state index contributed by atoms with van der Waals surface area (Å²) < 4.78 is 86.5. The minimum absolute atomic E-state index is 0.790. The van der Waals surface area contributed by atoms with E-state index in [2.05, 4.69) is 0 Å². The van der Waals surface area contributed by atoms with Gasteiger partial charge >= 0.3 is 17.8 Å². The second-order valence-corrected chi connectivity index (χ2v) is 13.2. The molecule has 27 heavy (non-hydrogen) atoms. The summed E-state index contributed by atoms with van der Waals surface area (Å²) in [6.45, 7) is 7.78. The van der Waals surface area contributed by atoms with Crippen molar-refractivity contribution >= 4 is 28.0 Å². The molecule has 2 aromatic carbocycles. The summed E-state index contributed by atoms with van der Waals surface area (Å²) in [5.41, 5.74) is -2.23. The summed E-state index contributed by atoms with van der Waals surface area (Å²) in [6, 6.07) is 8.54. The molecule has 0 aliphatic carbocycles. The van der Waals surface area contributed by atoms with Crippen LogP contribution in [0.15, 0.2) is 48.5 Å². The number of benzene rings is 2. The Morgan fingerprint density at radius 3 is 1.00 bits per heavy atom. The maximum Gasteiger partial charge on any atom is 0.380 e. The molecule has 148 valence electrons. The maximum absolute atomic E-state index is 14.4. The first-order chi connectivity index (χ1) is 12.3. The molecule has 0 radical (unpaired) electrons. The zero-order chi connectivity index (χ0) is 20.6.